The van der Waals surface area contributed by atoms with Crippen LogP contribution < -0.4 is 10.1 Å². The summed E-state index contributed by atoms with van der Waals surface area (Å²) in [6, 6.07) is 23.8. The first-order valence-electron chi connectivity index (χ1n) is 8.70. The van der Waals surface area contributed by atoms with Gasteiger partial charge in [-0.1, -0.05) is 29.0 Å². The Morgan fingerprint density at radius 3 is 1.13 bits per heavy atom. The number of halogens is 6. The Labute approximate surface area is 209 Å². The first-order chi connectivity index (χ1) is 14.0. The van der Waals surface area contributed by atoms with Crippen molar-refractivity contribution in [1.29, 1.82) is 0 Å². The molecule has 10 heteroatoms. The minimum atomic E-state index is -1.91. The molecule has 3 aromatic carbocycles. The third-order valence-electron chi connectivity index (χ3n) is 4.42. The lowest BCUT2D eigenvalue weighted by Crippen LogP contribution is -2.18. The van der Waals surface area contributed by atoms with Gasteiger partial charge in [-0.05, 0) is 121 Å². The van der Waals surface area contributed by atoms with Crippen LogP contribution in [0.15, 0.2) is 82.6 Å². The van der Waals surface area contributed by atoms with Gasteiger partial charge in [0.1, 0.15) is 0 Å². The van der Waals surface area contributed by atoms with E-state index in [1.807, 2.05) is 85.3 Å². The van der Waals surface area contributed by atoms with E-state index in [4.69, 9.17) is 64.9 Å². The van der Waals surface area contributed by atoms with Crippen LogP contribution in [-0.2, 0) is 0 Å². The molecule has 0 aliphatic rings. The number of anilines is 3. The van der Waals surface area contributed by atoms with E-state index in [1.165, 1.54) is 0 Å². The molecule has 162 valence electrons. The van der Waals surface area contributed by atoms with E-state index < -0.39 is 24.3 Å². The summed E-state index contributed by atoms with van der Waals surface area (Å²) < 4.78 is 0. The predicted molar refractivity (Wildman–Crippen MR) is 147 cm³/mol. The molecule has 3 rings (SSSR count). The van der Waals surface area contributed by atoms with E-state index in [1.54, 1.807) is 0 Å². The quantitative estimate of drug-likeness (QED) is 0.208. The molecule has 3 aromatic rings. The summed E-state index contributed by atoms with van der Waals surface area (Å²) in [6.07, 6.45) is 3.66. The third kappa shape index (κ3) is 6.12. The Balaban J connectivity index is 2.07. The molecule has 30 heavy (non-hydrogen) atoms. The maximum Gasteiger partial charge on any atom is 0.266 e. The molecule has 0 saturated heterocycles. The van der Waals surface area contributed by atoms with E-state index >= 15 is 0 Å². The first kappa shape index (κ1) is 24.8. The van der Waals surface area contributed by atoms with E-state index in [0.717, 1.165) is 32.0 Å². The van der Waals surface area contributed by atoms with Gasteiger partial charge in [0.2, 0.25) is 0 Å². The second kappa shape index (κ2) is 9.94. The van der Waals surface area contributed by atoms with Crippen molar-refractivity contribution < 1.29 is 0 Å². The van der Waals surface area contributed by atoms with Gasteiger partial charge < -0.3 is 4.90 Å². The summed E-state index contributed by atoms with van der Waals surface area (Å²) in [4.78, 5) is 3.93. The lowest BCUT2D eigenvalue weighted by Gasteiger charge is -2.28. The second-order valence-electron chi connectivity index (χ2n) is 6.67. The Kier molecular flexibility index (Phi) is 8.20. The molecule has 0 saturated carbocycles. The van der Waals surface area contributed by atoms with Crippen molar-refractivity contribution in [2.75, 3.05) is 17.4 Å². The smallest absolute Gasteiger partial charge is 0.266 e. The lowest BCUT2D eigenvalue weighted by atomic mass is 10.2. The molecule has 0 unspecified atom stereocenters. The number of benzene rings is 3. The molecular weight excluding hydrogens is 559 g/mol. The van der Waals surface area contributed by atoms with Gasteiger partial charge in [0.15, 0.2) is 0 Å². The molecule has 0 N–H and O–H groups in total. The van der Waals surface area contributed by atoms with E-state index in [0.29, 0.717) is 0 Å². The summed E-state index contributed by atoms with van der Waals surface area (Å²) in [7, 11) is 19.7. The maximum absolute atomic E-state index is 6.32. The highest BCUT2D eigenvalue weighted by Crippen LogP contribution is 2.63. The summed E-state index contributed by atoms with van der Waals surface area (Å²) in [5.41, 5.74) is 2.91. The molecule has 0 amide bonds. The van der Waals surface area contributed by atoms with E-state index in [9.17, 15) is 0 Å². The van der Waals surface area contributed by atoms with Gasteiger partial charge in [-0.3, -0.25) is 0 Å². The Morgan fingerprint density at radius 2 is 0.867 bits per heavy atom. The molecule has 0 aromatic heterocycles. The number of hydrogen-bond donors (Lipinski definition) is 0. The summed E-state index contributed by atoms with van der Waals surface area (Å²) in [5.74, 6) is 0. The van der Waals surface area contributed by atoms with Crippen molar-refractivity contribution in [2.24, 2.45) is 0 Å². The highest BCUT2D eigenvalue weighted by Gasteiger charge is 2.19. The zero-order chi connectivity index (χ0) is 22.1. The topological polar surface area (TPSA) is 3.24 Å². The van der Waals surface area contributed by atoms with Crippen LogP contribution in [0.25, 0.3) is 0 Å². The van der Waals surface area contributed by atoms with Gasteiger partial charge in [-0.15, -0.1) is 22.2 Å². The zero-order valence-electron chi connectivity index (χ0n) is 16.0. The maximum atomic E-state index is 6.32. The Bertz CT molecular complexity index is 927. The fourth-order valence-corrected chi connectivity index (χ4v) is 6.70. The molecule has 0 spiro atoms. The van der Waals surface area contributed by atoms with Gasteiger partial charge in [-0.2, -0.15) is 0 Å². The van der Waals surface area contributed by atoms with Gasteiger partial charge >= 0.3 is 0 Å². The predicted octanol–water partition coefficient (Wildman–Crippen LogP) is 9.26. The average Bonchev–Trinajstić information content (AvgIpc) is 2.68. The number of nitrogens with zero attached hydrogens (tertiary/aromatic N) is 1. The van der Waals surface area contributed by atoms with E-state index in [-0.39, 0.29) is 0 Å². The molecule has 0 aliphatic heterocycles. The molecule has 0 atom stereocenters. The van der Waals surface area contributed by atoms with Crippen molar-refractivity contribution in [3.8, 4) is 0 Å². The first-order valence-corrected chi connectivity index (χ1v) is 20.2. The molecular formula is C20H19Cl6NS2Si. The third-order valence-corrected chi connectivity index (χ3v) is 11.2. The van der Waals surface area contributed by atoms with Crippen molar-refractivity contribution >= 4 is 111 Å². The van der Waals surface area contributed by atoms with Crippen molar-refractivity contribution in [1.82, 2.24) is 0 Å². The van der Waals surface area contributed by atoms with Crippen molar-refractivity contribution in [2.45, 2.75) is 9.79 Å². The fourth-order valence-electron chi connectivity index (χ4n) is 2.88. The molecule has 0 radical (unpaired) electrons. The average molecular weight is 578 g/mol. The molecule has 0 heterocycles. The molecule has 0 fully saturated rings. The summed E-state index contributed by atoms with van der Waals surface area (Å²) in [5, 5.41) is 0.972. The van der Waals surface area contributed by atoms with Crippen LogP contribution in [0.4, 0.5) is 17.1 Å². The van der Waals surface area contributed by atoms with Crippen LogP contribution in [0.3, 0.4) is 0 Å². The molecule has 0 bridgehead atoms. The van der Waals surface area contributed by atoms with Gasteiger partial charge in [-0.25, -0.2) is 0 Å². The minimum absolute atomic E-state index is 0.905. The Morgan fingerprint density at radius 1 is 0.567 bits per heavy atom. The van der Waals surface area contributed by atoms with Crippen molar-refractivity contribution in [3.63, 3.8) is 0 Å². The Hall–Kier alpha value is 0.117. The van der Waals surface area contributed by atoms with Crippen LogP contribution in [0, 0.1) is 0 Å². The normalized spacial score (nSPS) is 13.4. The highest BCUT2D eigenvalue weighted by atomic mass is 36.0. The minimum Gasteiger partial charge on any atom is -0.311 e. The second-order valence-corrected chi connectivity index (χ2v) is 23.4. The standard InChI is InChI=1S/C20H19Cl6NS2Si/c1-28(21,22)18-9-3-15(4-10-18)27(17-7-13-20(14-8-17)30(25)26)16-5-11-19(12-6-16)29(2,23)24/h3-14,30H,1-2H3. The van der Waals surface area contributed by atoms with Gasteiger partial charge in [0.25, 0.3) is 7.42 Å². The zero-order valence-corrected chi connectivity index (χ0v) is 23.4. The van der Waals surface area contributed by atoms with E-state index in [2.05, 4.69) is 4.90 Å². The fraction of sp³-hybridized carbons (Fsp3) is 0.100. The number of rotatable bonds is 6. The lowest BCUT2D eigenvalue weighted by molar-refractivity contribution is 1.26. The van der Waals surface area contributed by atoms with Gasteiger partial charge in [0.05, 0.1) is 0 Å². The highest BCUT2D eigenvalue weighted by molar-refractivity contribution is 8.65. The van der Waals surface area contributed by atoms with Crippen LogP contribution in [0.5, 0.6) is 0 Å². The van der Waals surface area contributed by atoms with Crippen molar-refractivity contribution in [3.05, 3.63) is 72.8 Å². The largest absolute Gasteiger partial charge is 0.311 e. The monoisotopic (exact) mass is 575 g/mol. The van der Waals surface area contributed by atoms with Crippen LogP contribution in [0.1, 0.15) is 0 Å². The SMILES string of the molecule is CS(Cl)(Cl)c1ccc(N(c2ccc([SiH](Cl)Cl)cc2)c2ccc(S(C)(Cl)Cl)cc2)cc1. The molecule has 0 aliphatic carbocycles. The summed E-state index contributed by atoms with van der Waals surface area (Å²) in [6.45, 7) is 0. The van der Waals surface area contributed by atoms with Crippen LogP contribution in [-0.4, -0.2) is 19.9 Å². The molecule has 1 nitrogen and oxygen atoms in total. The summed E-state index contributed by atoms with van der Waals surface area (Å²) >= 11 is 12.3. The van der Waals surface area contributed by atoms with Crippen LogP contribution in [0.2, 0.25) is 0 Å². The van der Waals surface area contributed by atoms with Crippen LogP contribution >= 0.6 is 81.8 Å². The van der Waals surface area contributed by atoms with Gasteiger partial charge in [0, 0.05) is 26.9 Å². The number of hydrogen-bond acceptors (Lipinski definition) is 1.